The molecule has 2 N–H and O–H groups in total. The molecule has 4 nitrogen and oxygen atoms in total. The van der Waals surface area contributed by atoms with E-state index in [0.717, 1.165) is 24.3 Å². The lowest BCUT2D eigenvalue weighted by atomic mass is 9.94. The van der Waals surface area contributed by atoms with Crippen LogP contribution in [0.15, 0.2) is 36.5 Å². The van der Waals surface area contributed by atoms with Crippen molar-refractivity contribution >= 4 is 0 Å². The number of benzene rings is 1. The van der Waals surface area contributed by atoms with Gasteiger partial charge in [-0.25, -0.2) is 0 Å². The smallest absolute Gasteiger partial charge is 0.0949 e. The summed E-state index contributed by atoms with van der Waals surface area (Å²) in [4.78, 5) is 0. The van der Waals surface area contributed by atoms with Crippen molar-refractivity contribution in [3.8, 4) is 11.3 Å². The van der Waals surface area contributed by atoms with E-state index in [1.807, 2.05) is 12.1 Å². The van der Waals surface area contributed by atoms with Gasteiger partial charge in [0.2, 0.25) is 0 Å². The minimum absolute atomic E-state index is 0.0321. The zero-order valence-electron chi connectivity index (χ0n) is 10.0. The number of fused-ring (bicyclic) bond motifs is 1. The first-order chi connectivity index (χ1) is 8.88. The van der Waals surface area contributed by atoms with Gasteiger partial charge in [0, 0.05) is 18.3 Å². The van der Waals surface area contributed by atoms with E-state index in [4.69, 9.17) is 10.5 Å². The summed E-state index contributed by atoms with van der Waals surface area (Å²) in [6.07, 6.45) is 2.64. The fourth-order valence-corrected chi connectivity index (χ4v) is 2.35. The van der Waals surface area contributed by atoms with Crippen LogP contribution in [0.3, 0.4) is 0 Å². The highest BCUT2D eigenvalue weighted by molar-refractivity contribution is 5.60. The van der Waals surface area contributed by atoms with E-state index in [0.29, 0.717) is 6.54 Å². The lowest BCUT2D eigenvalue weighted by Crippen LogP contribution is -2.23. The first kappa shape index (κ1) is 11.3. The molecule has 0 aliphatic carbocycles. The summed E-state index contributed by atoms with van der Waals surface area (Å²) in [5, 5.41) is 8.04. The minimum atomic E-state index is 0.0321. The molecule has 1 aliphatic heterocycles. The summed E-state index contributed by atoms with van der Waals surface area (Å²) in [6, 6.07) is 10.2. The van der Waals surface area contributed by atoms with Crippen LogP contribution >= 0.6 is 0 Å². The normalized spacial score (nSPS) is 18.4. The highest BCUT2D eigenvalue weighted by Gasteiger charge is 2.19. The Morgan fingerprint density at radius 3 is 3.06 bits per heavy atom. The Labute approximate surface area is 106 Å². The molecule has 0 saturated heterocycles. The van der Waals surface area contributed by atoms with Gasteiger partial charge in [0.15, 0.2) is 0 Å². The van der Waals surface area contributed by atoms with Crippen molar-refractivity contribution in [1.82, 2.24) is 10.2 Å². The zero-order valence-corrected chi connectivity index (χ0v) is 10.0. The van der Waals surface area contributed by atoms with Crippen molar-refractivity contribution in [3.05, 3.63) is 47.7 Å². The number of ether oxygens (including phenoxy) is 1. The first-order valence-electron chi connectivity index (χ1n) is 6.11. The van der Waals surface area contributed by atoms with Gasteiger partial charge in [-0.15, -0.1) is 0 Å². The van der Waals surface area contributed by atoms with Crippen LogP contribution < -0.4 is 5.73 Å². The standard InChI is InChI=1S/C14H15N3O/c15-9-14-12-4-3-11(8-10(12)5-7-18-14)13-2-1-6-16-17-13/h1-4,6,8,14H,5,7,9,15H2. The van der Waals surface area contributed by atoms with Crippen LogP contribution in [0.25, 0.3) is 11.3 Å². The van der Waals surface area contributed by atoms with Gasteiger partial charge in [0.1, 0.15) is 0 Å². The molecule has 2 heterocycles. The molecule has 3 rings (SSSR count). The predicted octanol–water partition coefficient (Wildman–Crippen LogP) is 1.72. The van der Waals surface area contributed by atoms with Crippen LogP contribution in [0.5, 0.6) is 0 Å². The maximum absolute atomic E-state index is 5.72. The number of nitrogens with zero attached hydrogens (tertiary/aromatic N) is 2. The molecule has 4 heteroatoms. The molecule has 0 saturated carbocycles. The average Bonchev–Trinajstić information content (AvgIpc) is 2.47. The fourth-order valence-electron chi connectivity index (χ4n) is 2.35. The summed E-state index contributed by atoms with van der Waals surface area (Å²) in [6.45, 7) is 1.26. The molecule has 0 bridgehead atoms. The average molecular weight is 241 g/mol. The van der Waals surface area contributed by atoms with Crippen LogP contribution in [0.4, 0.5) is 0 Å². The molecular weight excluding hydrogens is 226 g/mol. The van der Waals surface area contributed by atoms with Crippen molar-refractivity contribution in [2.24, 2.45) is 5.73 Å². The second-order valence-corrected chi connectivity index (χ2v) is 4.37. The van der Waals surface area contributed by atoms with Crippen LogP contribution in [0.2, 0.25) is 0 Å². The Bertz CT molecular complexity index is 542. The maximum atomic E-state index is 5.72. The molecule has 92 valence electrons. The molecule has 0 amide bonds. The van der Waals surface area contributed by atoms with Gasteiger partial charge in [-0.3, -0.25) is 0 Å². The second-order valence-electron chi connectivity index (χ2n) is 4.37. The van der Waals surface area contributed by atoms with Crippen molar-refractivity contribution in [2.75, 3.05) is 13.2 Å². The summed E-state index contributed by atoms with van der Waals surface area (Å²) in [7, 11) is 0. The van der Waals surface area contributed by atoms with Crippen LogP contribution in [-0.2, 0) is 11.2 Å². The Morgan fingerprint density at radius 1 is 1.33 bits per heavy atom. The molecule has 1 atom stereocenters. The third kappa shape index (κ3) is 2.00. The highest BCUT2D eigenvalue weighted by Crippen LogP contribution is 2.29. The SMILES string of the molecule is NCC1OCCc2cc(-c3cccnn3)ccc21. The number of aromatic nitrogens is 2. The molecule has 1 aliphatic rings. The third-order valence-corrected chi connectivity index (χ3v) is 3.26. The molecule has 0 radical (unpaired) electrons. The largest absolute Gasteiger partial charge is 0.372 e. The molecule has 18 heavy (non-hydrogen) atoms. The summed E-state index contributed by atoms with van der Waals surface area (Å²) in [5.41, 5.74) is 10.2. The van der Waals surface area contributed by atoms with E-state index in [9.17, 15) is 0 Å². The van der Waals surface area contributed by atoms with Crippen molar-refractivity contribution in [1.29, 1.82) is 0 Å². The van der Waals surface area contributed by atoms with Crippen LogP contribution in [0, 0.1) is 0 Å². The number of rotatable bonds is 2. The van der Waals surface area contributed by atoms with Gasteiger partial charge < -0.3 is 10.5 Å². The topological polar surface area (TPSA) is 61.0 Å². The van der Waals surface area contributed by atoms with E-state index < -0.39 is 0 Å². The third-order valence-electron chi connectivity index (χ3n) is 3.26. The maximum Gasteiger partial charge on any atom is 0.0949 e. The minimum Gasteiger partial charge on any atom is -0.372 e. The molecule has 1 aromatic carbocycles. The van der Waals surface area contributed by atoms with E-state index in [1.54, 1.807) is 6.20 Å². The number of hydrogen-bond acceptors (Lipinski definition) is 4. The lowest BCUT2D eigenvalue weighted by molar-refractivity contribution is 0.0485. The predicted molar refractivity (Wildman–Crippen MR) is 68.9 cm³/mol. The molecule has 1 aromatic heterocycles. The lowest BCUT2D eigenvalue weighted by Gasteiger charge is -2.25. The Hall–Kier alpha value is -1.78. The Kier molecular flexibility index (Phi) is 3.04. The zero-order chi connectivity index (χ0) is 12.4. The van der Waals surface area contributed by atoms with Gasteiger partial charge in [0.05, 0.1) is 18.4 Å². The van der Waals surface area contributed by atoms with Crippen LogP contribution in [-0.4, -0.2) is 23.3 Å². The summed E-state index contributed by atoms with van der Waals surface area (Å²) >= 11 is 0. The Balaban J connectivity index is 2.01. The second kappa shape index (κ2) is 4.84. The van der Waals surface area contributed by atoms with Gasteiger partial charge >= 0.3 is 0 Å². The van der Waals surface area contributed by atoms with E-state index in [1.165, 1.54) is 11.1 Å². The molecule has 1 unspecified atom stereocenters. The molecule has 0 fully saturated rings. The molecule has 2 aromatic rings. The van der Waals surface area contributed by atoms with Gasteiger partial charge in [-0.2, -0.15) is 10.2 Å². The number of nitrogens with two attached hydrogens (primary N) is 1. The number of hydrogen-bond donors (Lipinski definition) is 1. The van der Waals surface area contributed by atoms with Crippen molar-refractivity contribution in [3.63, 3.8) is 0 Å². The van der Waals surface area contributed by atoms with Gasteiger partial charge in [0.25, 0.3) is 0 Å². The van der Waals surface area contributed by atoms with E-state index in [2.05, 4.69) is 28.4 Å². The van der Waals surface area contributed by atoms with Gasteiger partial charge in [-0.05, 0) is 35.7 Å². The van der Waals surface area contributed by atoms with E-state index >= 15 is 0 Å². The van der Waals surface area contributed by atoms with Crippen LogP contribution in [0.1, 0.15) is 17.2 Å². The first-order valence-corrected chi connectivity index (χ1v) is 6.11. The monoisotopic (exact) mass is 241 g/mol. The Morgan fingerprint density at radius 2 is 2.28 bits per heavy atom. The summed E-state index contributed by atoms with van der Waals surface area (Å²) < 4.78 is 5.65. The van der Waals surface area contributed by atoms with E-state index in [-0.39, 0.29) is 6.10 Å². The fraction of sp³-hybridized carbons (Fsp3) is 0.286. The molecular formula is C14H15N3O. The van der Waals surface area contributed by atoms with Crippen molar-refractivity contribution < 1.29 is 4.74 Å². The summed E-state index contributed by atoms with van der Waals surface area (Å²) in [5.74, 6) is 0. The van der Waals surface area contributed by atoms with Gasteiger partial charge in [-0.1, -0.05) is 12.1 Å². The molecule has 0 spiro atoms. The highest BCUT2D eigenvalue weighted by atomic mass is 16.5. The quantitative estimate of drug-likeness (QED) is 0.869. The van der Waals surface area contributed by atoms with Crippen molar-refractivity contribution in [2.45, 2.75) is 12.5 Å².